The normalized spacial score (nSPS) is 17.3. The molecule has 4 rings (SSSR count). The largest absolute Gasteiger partial charge is 0.344 e. The lowest BCUT2D eigenvalue weighted by Gasteiger charge is -2.29. The van der Waals surface area contributed by atoms with Gasteiger partial charge in [0.05, 0.1) is 6.20 Å². The highest BCUT2D eigenvalue weighted by molar-refractivity contribution is 5.88. The lowest BCUT2D eigenvalue weighted by Crippen LogP contribution is -2.26. The Kier molecular flexibility index (Phi) is 4.18. The van der Waals surface area contributed by atoms with Gasteiger partial charge in [0, 0.05) is 41.9 Å². The molecule has 26 heavy (non-hydrogen) atoms. The maximum atomic E-state index is 13.3. The molecule has 6 heteroatoms. The van der Waals surface area contributed by atoms with Crippen LogP contribution in [0.25, 0.3) is 21.9 Å². The lowest BCUT2D eigenvalue weighted by atomic mass is 9.85. The molecule has 1 fully saturated rings. The van der Waals surface area contributed by atoms with Crippen LogP contribution in [-0.2, 0) is 0 Å². The first kappa shape index (κ1) is 16.7. The summed E-state index contributed by atoms with van der Waals surface area (Å²) in [5, 5.41) is 12.1. The Morgan fingerprint density at radius 1 is 1.12 bits per heavy atom. The van der Waals surface area contributed by atoms with Gasteiger partial charge >= 0.3 is 0 Å². The molecule has 1 aliphatic carbocycles. The molecule has 0 radical (unpaired) electrons. The average Bonchev–Trinajstić information content (AvgIpc) is 3.15. The number of nitrogens with one attached hydrogen (secondary N) is 2. The Hall–Kier alpha value is -2.76. The van der Waals surface area contributed by atoms with Gasteiger partial charge in [-0.1, -0.05) is 18.7 Å². The molecule has 1 aliphatic rings. The Morgan fingerprint density at radius 2 is 1.92 bits per heavy atom. The predicted molar refractivity (Wildman–Crippen MR) is 99.0 cm³/mol. The van der Waals surface area contributed by atoms with E-state index in [1.54, 1.807) is 12.4 Å². The minimum atomic E-state index is -2.53. The topological polar surface area (TPSA) is 53.6 Å². The van der Waals surface area contributed by atoms with E-state index in [-0.39, 0.29) is 18.8 Å². The molecule has 0 bridgehead atoms. The van der Waals surface area contributed by atoms with E-state index >= 15 is 0 Å². The molecule has 0 saturated heterocycles. The van der Waals surface area contributed by atoms with Gasteiger partial charge in [-0.05, 0) is 41.8 Å². The van der Waals surface area contributed by atoms with Gasteiger partial charge in [-0.3, -0.25) is 5.10 Å². The second-order valence-electron chi connectivity index (χ2n) is 6.90. The molecule has 4 nitrogen and oxygen atoms in total. The summed E-state index contributed by atoms with van der Waals surface area (Å²) in [6.07, 6.45) is 6.20. The molecular weight excluding hydrogens is 334 g/mol. The lowest BCUT2D eigenvalue weighted by molar-refractivity contribution is -0.0419. The second kappa shape index (κ2) is 6.52. The monoisotopic (exact) mass is 354 g/mol. The van der Waals surface area contributed by atoms with E-state index in [4.69, 9.17) is 0 Å². The quantitative estimate of drug-likeness (QED) is 0.662. The summed E-state index contributed by atoms with van der Waals surface area (Å²) in [6, 6.07) is 8.09. The van der Waals surface area contributed by atoms with Crippen molar-refractivity contribution in [2.45, 2.75) is 31.6 Å². The molecule has 3 aromatic rings. The van der Waals surface area contributed by atoms with Crippen LogP contribution in [0.4, 0.5) is 14.6 Å². The molecule has 0 amide bonds. The molecule has 2 heterocycles. The number of nitrogens with zero attached hydrogens (tertiary/aromatic N) is 2. The van der Waals surface area contributed by atoms with Crippen molar-refractivity contribution in [1.29, 1.82) is 0 Å². The van der Waals surface area contributed by atoms with E-state index in [9.17, 15) is 8.78 Å². The fourth-order valence-electron chi connectivity index (χ4n) is 3.45. The van der Waals surface area contributed by atoms with Gasteiger partial charge < -0.3 is 5.32 Å². The summed E-state index contributed by atoms with van der Waals surface area (Å²) in [6.45, 7) is 4.05. The Labute approximate surface area is 150 Å². The van der Waals surface area contributed by atoms with Gasteiger partial charge in [0.2, 0.25) is 5.92 Å². The zero-order chi connectivity index (χ0) is 18.1. The summed E-state index contributed by atoms with van der Waals surface area (Å²) < 4.78 is 26.7. The van der Waals surface area contributed by atoms with Crippen molar-refractivity contribution in [3.8, 4) is 11.1 Å². The van der Waals surface area contributed by atoms with Crippen LogP contribution in [0.1, 0.15) is 25.7 Å². The second-order valence-corrected chi connectivity index (χ2v) is 6.90. The number of hydrogen-bond donors (Lipinski definition) is 2. The van der Waals surface area contributed by atoms with Crippen molar-refractivity contribution in [2.75, 3.05) is 5.32 Å². The summed E-state index contributed by atoms with van der Waals surface area (Å²) in [4.78, 5) is 4.42. The molecule has 2 N–H and O–H groups in total. The van der Waals surface area contributed by atoms with E-state index in [2.05, 4.69) is 33.1 Å². The maximum absolute atomic E-state index is 13.3. The number of anilines is 1. The zero-order valence-electron chi connectivity index (χ0n) is 14.3. The number of alkyl halides is 2. The molecule has 0 atom stereocenters. The van der Waals surface area contributed by atoms with Crippen molar-refractivity contribution in [3.05, 3.63) is 55.1 Å². The molecule has 1 aromatic carbocycles. The number of H-pyrrole nitrogens is 1. The van der Waals surface area contributed by atoms with Gasteiger partial charge in [0.15, 0.2) is 0 Å². The smallest absolute Gasteiger partial charge is 0.248 e. The van der Waals surface area contributed by atoms with Gasteiger partial charge in [0.1, 0.15) is 5.82 Å². The molecular formula is C20H20F2N4. The number of pyridine rings is 1. The number of rotatable bonds is 4. The molecule has 0 spiro atoms. The number of aromatic amines is 1. The maximum Gasteiger partial charge on any atom is 0.248 e. The number of fused-ring (bicyclic) bond motifs is 1. The van der Waals surface area contributed by atoms with Crippen LogP contribution < -0.4 is 5.32 Å². The minimum absolute atomic E-state index is 0.0596. The van der Waals surface area contributed by atoms with Crippen LogP contribution >= 0.6 is 0 Å². The van der Waals surface area contributed by atoms with E-state index in [0.717, 1.165) is 27.6 Å². The first-order valence-corrected chi connectivity index (χ1v) is 8.73. The molecule has 0 aliphatic heterocycles. The summed E-state index contributed by atoms with van der Waals surface area (Å²) in [5.41, 5.74) is 2.85. The van der Waals surface area contributed by atoms with E-state index in [0.29, 0.717) is 18.7 Å². The summed E-state index contributed by atoms with van der Waals surface area (Å²) in [7, 11) is 0. The number of hydrogen-bond acceptors (Lipinski definition) is 3. The Bertz CT molecular complexity index is 924. The zero-order valence-corrected chi connectivity index (χ0v) is 14.3. The van der Waals surface area contributed by atoms with Crippen LogP contribution in [-0.4, -0.2) is 21.1 Å². The van der Waals surface area contributed by atoms with Crippen LogP contribution in [0.15, 0.2) is 55.1 Å². The van der Waals surface area contributed by atoms with E-state index < -0.39 is 5.92 Å². The number of benzene rings is 1. The highest BCUT2D eigenvalue weighted by Crippen LogP contribution is 2.38. The number of aromatic nitrogens is 3. The van der Waals surface area contributed by atoms with Crippen molar-refractivity contribution in [2.24, 2.45) is 5.92 Å². The first-order valence-electron chi connectivity index (χ1n) is 8.73. The van der Waals surface area contributed by atoms with Gasteiger partial charge in [-0.2, -0.15) is 5.10 Å². The number of halogens is 2. The fourth-order valence-corrected chi connectivity index (χ4v) is 3.45. The van der Waals surface area contributed by atoms with Crippen molar-refractivity contribution >= 4 is 16.6 Å². The third kappa shape index (κ3) is 3.45. The minimum Gasteiger partial charge on any atom is -0.344 e. The van der Waals surface area contributed by atoms with E-state index in [1.807, 2.05) is 24.4 Å². The SMILES string of the molecule is C=C(Nc1cc2cc(-c3cn[nH]c3)ccc2cn1)C1CCC(F)(F)CC1. The molecule has 1 saturated carbocycles. The van der Waals surface area contributed by atoms with Gasteiger partial charge in [-0.15, -0.1) is 0 Å². The Balaban J connectivity index is 1.52. The molecule has 134 valence electrons. The highest BCUT2D eigenvalue weighted by atomic mass is 19.3. The molecule has 2 aromatic heterocycles. The standard InChI is InChI=1S/C20H20F2N4/c1-13(14-4-6-20(21,22)7-5-14)26-19-9-17-8-15(18-11-24-25-12-18)2-3-16(17)10-23-19/h2-3,8-12,14H,1,4-7H2,(H,23,26)(H,24,25). The van der Waals surface area contributed by atoms with E-state index in [1.165, 1.54) is 0 Å². The highest BCUT2D eigenvalue weighted by Gasteiger charge is 2.35. The van der Waals surface area contributed by atoms with Crippen LogP contribution in [0.5, 0.6) is 0 Å². The van der Waals surface area contributed by atoms with Crippen molar-refractivity contribution < 1.29 is 8.78 Å². The van der Waals surface area contributed by atoms with Gasteiger partial charge in [0.25, 0.3) is 0 Å². The van der Waals surface area contributed by atoms with Gasteiger partial charge in [-0.25, -0.2) is 13.8 Å². The number of allylic oxidation sites excluding steroid dienone is 1. The third-order valence-corrected chi connectivity index (χ3v) is 5.05. The third-order valence-electron chi connectivity index (χ3n) is 5.05. The van der Waals surface area contributed by atoms with Crippen LogP contribution in [0.2, 0.25) is 0 Å². The van der Waals surface area contributed by atoms with Crippen molar-refractivity contribution in [3.63, 3.8) is 0 Å². The predicted octanol–water partition coefficient (Wildman–Crippen LogP) is 5.38. The fraction of sp³-hybridized carbons (Fsp3) is 0.300. The average molecular weight is 354 g/mol. The molecule has 0 unspecified atom stereocenters. The van der Waals surface area contributed by atoms with Crippen LogP contribution in [0, 0.1) is 5.92 Å². The summed E-state index contributed by atoms with van der Waals surface area (Å²) in [5.74, 6) is -1.78. The Morgan fingerprint density at radius 3 is 2.65 bits per heavy atom. The van der Waals surface area contributed by atoms with Crippen LogP contribution in [0.3, 0.4) is 0 Å². The first-order chi connectivity index (χ1) is 12.5. The summed E-state index contributed by atoms with van der Waals surface area (Å²) >= 11 is 0. The van der Waals surface area contributed by atoms with Crippen molar-refractivity contribution in [1.82, 2.24) is 15.2 Å².